The lowest BCUT2D eigenvalue weighted by atomic mass is 9.80. The topological polar surface area (TPSA) is 106 Å². The molecular weight excluding hydrogens is 373 g/mol. The van der Waals surface area contributed by atoms with Crippen molar-refractivity contribution in [2.24, 2.45) is 5.92 Å². The van der Waals surface area contributed by atoms with E-state index in [0.29, 0.717) is 17.3 Å². The minimum atomic E-state index is -0.570. The van der Waals surface area contributed by atoms with Crippen LogP contribution in [0.5, 0.6) is 0 Å². The molecular formula is C21H24FN5O2. The molecule has 8 heteroatoms. The lowest BCUT2D eigenvalue weighted by Gasteiger charge is -2.24. The molecule has 3 aromatic rings. The van der Waals surface area contributed by atoms with Gasteiger partial charge in [-0.15, -0.1) is 0 Å². The van der Waals surface area contributed by atoms with E-state index in [1.54, 1.807) is 6.07 Å². The highest BCUT2D eigenvalue weighted by Crippen LogP contribution is 2.49. The van der Waals surface area contributed by atoms with Gasteiger partial charge in [-0.25, -0.2) is 14.4 Å². The highest BCUT2D eigenvalue weighted by atomic mass is 19.1. The molecule has 1 aliphatic rings. The summed E-state index contributed by atoms with van der Waals surface area (Å²) in [5, 5.41) is 3.41. The summed E-state index contributed by atoms with van der Waals surface area (Å²) in [4.78, 5) is 24.4. The van der Waals surface area contributed by atoms with Gasteiger partial charge >= 0.3 is 0 Å². The number of nitrogens with zero attached hydrogens (tertiary/aromatic N) is 2. The Hall–Kier alpha value is -3.00. The Bertz CT molecular complexity index is 1090. The lowest BCUT2D eigenvalue weighted by molar-refractivity contribution is 0.101. The molecule has 1 saturated carbocycles. The maximum absolute atomic E-state index is 14.1. The number of anilines is 2. The first-order valence-electron chi connectivity index (χ1n) is 9.55. The third kappa shape index (κ3) is 3.44. The summed E-state index contributed by atoms with van der Waals surface area (Å²) in [6.45, 7) is 4.41. The molecule has 1 aromatic carbocycles. The Kier molecular flexibility index (Phi) is 4.74. The van der Waals surface area contributed by atoms with Crippen LogP contribution in [-0.4, -0.2) is 28.0 Å². The number of carbonyl (C=O) groups excluding carboxylic acids is 1. The first-order chi connectivity index (χ1) is 13.8. The summed E-state index contributed by atoms with van der Waals surface area (Å²) in [5.74, 6) is -0.256. The highest BCUT2D eigenvalue weighted by molar-refractivity contribution is 6.04. The van der Waals surface area contributed by atoms with Gasteiger partial charge in [-0.2, -0.15) is 0 Å². The van der Waals surface area contributed by atoms with Crippen LogP contribution in [0, 0.1) is 11.7 Å². The molecule has 29 heavy (non-hydrogen) atoms. The number of carbonyl (C=O) groups is 1. The van der Waals surface area contributed by atoms with Crippen molar-refractivity contribution in [3.05, 3.63) is 47.2 Å². The molecule has 0 spiro atoms. The van der Waals surface area contributed by atoms with Crippen LogP contribution in [0.1, 0.15) is 48.4 Å². The number of halogens is 1. The number of nitrogen functional groups attached to an aromatic ring is 1. The number of H-pyrrole nitrogens is 1. The quantitative estimate of drug-likeness (QED) is 0.587. The fourth-order valence-corrected chi connectivity index (χ4v) is 3.84. The van der Waals surface area contributed by atoms with Gasteiger partial charge in [0.1, 0.15) is 17.3 Å². The van der Waals surface area contributed by atoms with E-state index in [0.717, 1.165) is 10.9 Å². The zero-order valence-electron chi connectivity index (χ0n) is 16.7. The van der Waals surface area contributed by atoms with Crippen LogP contribution in [0.3, 0.4) is 0 Å². The van der Waals surface area contributed by atoms with Crippen molar-refractivity contribution in [3.8, 4) is 0 Å². The van der Waals surface area contributed by atoms with Gasteiger partial charge in [0, 0.05) is 24.6 Å². The summed E-state index contributed by atoms with van der Waals surface area (Å²) < 4.78 is 19.1. The van der Waals surface area contributed by atoms with E-state index in [9.17, 15) is 9.18 Å². The van der Waals surface area contributed by atoms with Gasteiger partial charge in [0.15, 0.2) is 0 Å². The van der Waals surface area contributed by atoms with Crippen LogP contribution >= 0.6 is 0 Å². The Labute approximate surface area is 167 Å². The van der Waals surface area contributed by atoms with Crippen LogP contribution in [0.2, 0.25) is 0 Å². The second-order valence-corrected chi connectivity index (χ2v) is 8.01. The summed E-state index contributed by atoms with van der Waals surface area (Å²) >= 11 is 0. The van der Waals surface area contributed by atoms with Crippen molar-refractivity contribution >= 4 is 28.4 Å². The Balaban J connectivity index is 1.67. The van der Waals surface area contributed by atoms with Gasteiger partial charge in [-0.1, -0.05) is 19.9 Å². The van der Waals surface area contributed by atoms with E-state index in [4.69, 9.17) is 10.5 Å². The van der Waals surface area contributed by atoms with E-state index >= 15 is 0 Å². The van der Waals surface area contributed by atoms with Gasteiger partial charge < -0.3 is 20.8 Å². The predicted octanol–water partition coefficient (Wildman–Crippen LogP) is 3.77. The third-order valence-corrected chi connectivity index (χ3v) is 5.71. The number of nitrogens with one attached hydrogen (secondary N) is 2. The number of fused-ring (bicyclic) bond motifs is 1. The van der Waals surface area contributed by atoms with Gasteiger partial charge in [0.05, 0.1) is 12.0 Å². The second kappa shape index (κ2) is 7.11. The molecule has 0 atom stereocenters. The molecule has 2 heterocycles. The first-order valence-corrected chi connectivity index (χ1v) is 9.55. The lowest BCUT2D eigenvalue weighted by Crippen LogP contribution is -2.21. The molecule has 0 aliphatic heterocycles. The normalized spacial score (nSPS) is 14.3. The molecule has 1 fully saturated rings. The number of aromatic amines is 1. The minimum Gasteiger partial charge on any atom is -0.383 e. The van der Waals surface area contributed by atoms with E-state index in [2.05, 4.69) is 34.1 Å². The van der Waals surface area contributed by atoms with Crippen LogP contribution in [-0.2, 0) is 16.8 Å². The van der Waals surface area contributed by atoms with Gasteiger partial charge in [0.25, 0.3) is 5.91 Å². The first kappa shape index (κ1) is 19.3. The van der Waals surface area contributed by atoms with E-state index < -0.39 is 11.7 Å². The average Bonchev–Trinajstić information content (AvgIpc) is 3.44. The maximum Gasteiger partial charge on any atom is 0.293 e. The summed E-state index contributed by atoms with van der Waals surface area (Å²) in [6.07, 6.45) is 4.29. The van der Waals surface area contributed by atoms with Crippen LogP contribution in [0.25, 0.3) is 11.0 Å². The van der Waals surface area contributed by atoms with Crippen molar-refractivity contribution in [1.29, 1.82) is 0 Å². The SMILES string of the molecule is COCc1c(F)cccc1NC(=O)c1nc(N)c2c(C(C)(C)C3CC3)c[nH]c2n1. The summed E-state index contributed by atoms with van der Waals surface area (Å²) in [5.41, 5.74) is 8.32. The molecule has 0 bridgehead atoms. The van der Waals surface area contributed by atoms with Crippen molar-refractivity contribution in [2.75, 3.05) is 18.2 Å². The summed E-state index contributed by atoms with van der Waals surface area (Å²) in [6, 6.07) is 4.43. The number of hydrogen-bond donors (Lipinski definition) is 3. The standard InChI is InChI=1S/C21H24FN5O2/c1-21(2,11-7-8-11)13-9-24-18-16(13)17(23)26-19(27-18)20(28)25-15-6-4-5-14(22)12(15)10-29-3/h4-6,9,11H,7-8,10H2,1-3H3,(H,25,28)(H3,23,24,26,27). The van der Waals surface area contributed by atoms with Crippen molar-refractivity contribution < 1.29 is 13.9 Å². The second-order valence-electron chi connectivity index (χ2n) is 8.01. The number of amides is 1. The molecule has 0 saturated heterocycles. The molecule has 152 valence electrons. The fraction of sp³-hybridized carbons (Fsp3) is 0.381. The Morgan fingerprint density at radius 1 is 1.38 bits per heavy atom. The van der Waals surface area contributed by atoms with Crippen molar-refractivity contribution in [3.63, 3.8) is 0 Å². The van der Waals surface area contributed by atoms with Gasteiger partial charge in [-0.05, 0) is 41.9 Å². The van der Waals surface area contributed by atoms with Gasteiger partial charge in [0.2, 0.25) is 5.82 Å². The molecule has 4 rings (SSSR count). The smallest absolute Gasteiger partial charge is 0.293 e. The Morgan fingerprint density at radius 2 is 2.14 bits per heavy atom. The monoisotopic (exact) mass is 397 g/mol. The molecule has 0 unspecified atom stereocenters. The molecule has 4 N–H and O–H groups in total. The van der Waals surface area contributed by atoms with Gasteiger partial charge in [-0.3, -0.25) is 4.79 Å². The zero-order valence-corrected chi connectivity index (χ0v) is 16.7. The number of nitrogens with two attached hydrogens (primary N) is 1. The fourth-order valence-electron chi connectivity index (χ4n) is 3.84. The van der Waals surface area contributed by atoms with E-state index in [-0.39, 0.29) is 29.2 Å². The van der Waals surface area contributed by atoms with E-state index in [1.165, 1.54) is 32.1 Å². The third-order valence-electron chi connectivity index (χ3n) is 5.71. The largest absolute Gasteiger partial charge is 0.383 e. The van der Waals surface area contributed by atoms with Crippen LogP contribution in [0.15, 0.2) is 24.4 Å². The minimum absolute atomic E-state index is 0.0283. The number of aromatic nitrogens is 3. The molecule has 0 radical (unpaired) electrons. The number of methoxy groups -OCH3 is 1. The molecule has 7 nitrogen and oxygen atoms in total. The molecule has 2 aromatic heterocycles. The number of benzene rings is 1. The van der Waals surface area contributed by atoms with Crippen LogP contribution in [0.4, 0.5) is 15.9 Å². The number of rotatable bonds is 6. The van der Waals surface area contributed by atoms with Crippen LogP contribution < -0.4 is 11.1 Å². The van der Waals surface area contributed by atoms with Crippen molar-refractivity contribution in [2.45, 2.75) is 38.7 Å². The molecule has 1 aliphatic carbocycles. The number of hydrogen-bond acceptors (Lipinski definition) is 5. The van der Waals surface area contributed by atoms with Crippen molar-refractivity contribution in [1.82, 2.24) is 15.0 Å². The highest BCUT2D eigenvalue weighted by Gasteiger charge is 2.41. The molecule has 1 amide bonds. The predicted molar refractivity (Wildman–Crippen MR) is 109 cm³/mol. The zero-order chi connectivity index (χ0) is 20.8. The average molecular weight is 397 g/mol. The number of ether oxygens (including phenoxy) is 1. The summed E-state index contributed by atoms with van der Waals surface area (Å²) in [7, 11) is 1.46. The van der Waals surface area contributed by atoms with E-state index in [1.807, 2.05) is 6.20 Å². The maximum atomic E-state index is 14.1. The Morgan fingerprint density at radius 3 is 2.83 bits per heavy atom.